The van der Waals surface area contributed by atoms with Crippen LogP contribution in [-0.2, 0) is 11.3 Å². The van der Waals surface area contributed by atoms with Gasteiger partial charge in [-0.1, -0.05) is 39.7 Å². The number of nitrogens with zero attached hydrogens (tertiary/aromatic N) is 1. The maximum absolute atomic E-state index is 11.9. The standard InChI is InChI=1S/C21H18BrN3O2/c1-12-3-4-14(13(2)7-12)10-25-11-15(8-18-20(26)24-21(27)23-18)17-9-16(22)5-6-19(17)25/h3-9,11H,10H2,1-2H3,(H2,23,24,26,27)/b18-8-. The number of hydrogen-bond donors (Lipinski definition) is 2. The van der Waals surface area contributed by atoms with Crippen LogP contribution in [0.2, 0.25) is 0 Å². The van der Waals surface area contributed by atoms with Crippen LogP contribution in [0.3, 0.4) is 0 Å². The Balaban J connectivity index is 1.81. The van der Waals surface area contributed by atoms with E-state index in [1.54, 1.807) is 6.08 Å². The summed E-state index contributed by atoms with van der Waals surface area (Å²) in [4.78, 5) is 23.3. The molecular weight excluding hydrogens is 406 g/mol. The van der Waals surface area contributed by atoms with Gasteiger partial charge in [-0.2, -0.15) is 0 Å². The number of carbonyl (C=O) groups excluding carboxylic acids is 2. The van der Waals surface area contributed by atoms with Crippen LogP contribution in [0.5, 0.6) is 0 Å². The first-order valence-electron chi connectivity index (χ1n) is 8.59. The molecule has 1 fully saturated rings. The summed E-state index contributed by atoms with van der Waals surface area (Å²) in [6, 6.07) is 12.0. The molecule has 3 aromatic rings. The van der Waals surface area contributed by atoms with E-state index in [4.69, 9.17) is 0 Å². The fourth-order valence-electron chi connectivity index (χ4n) is 3.39. The zero-order chi connectivity index (χ0) is 19.1. The lowest BCUT2D eigenvalue weighted by atomic mass is 10.1. The molecule has 5 nitrogen and oxygen atoms in total. The van der Waals surface area contributed by atoms with Gasteiger partial charge in [-0.25, -0.2) is 4.79 Å². The summed E-state index contributed by atoms with van der Waals surface area (Å²) < 4.78 is 3.12. The monoisotopic (exact) mass is 423 g/mol. The predicted octanol–water partition coefficient (Wildman–Crippen LogP) is 4.25. The highest BCUT2D eigenvalue weighted by Crippen LogP contribution is 2.28. The van der Waals surface area contributed by atoms with E-state index < -0.39 is 11.9 Å². The van der Waals surface area contributed by atoms with Crippen LogP contribution in [-0.4, -0.2) is 16.5 Å². The molecule has 0 bridgehead atoms. The Morgan fingerprint density at radius 1 is 1.07 bits per heavy atom. The second kappa shape index (κ2) is 6.70. The van der Waals surface area contributed by atoms with Crippen LogP contribution < -0.4 is 10.6 Å². The molecule has 27 heavy (non-hydrogen) atoms. The van der Waals surface area contributed by atoms with Gasteiger partial charge in [0.25, 0.3) is 5.91 Å². The number of hydrogen-bond acceptors (Lipinski definition) is 2. The van der Waals surface area contributed by atoms with E-state index in [9.17, 15) is 9.59 Å². The molecule has 1 saturated heterocycles. The predicted molar refractivity (Wildman–Crippen MR) is 109 cm³/mol. The molecule has 0 spiro atoms. The van der Waals surface area contributed by atoms with Gasteiger partial charge in [0, 0.05) is 33.7 Å². The number of amides is 3. The first kappa shape index (κ1) is 17.5. The number of nitrogens with one attached hydrogen (secondary N) is 2. The second-order valence-corrected chi connectivity index (χ2v) is 7.69. The van der Waals surface area contributed by atoms with Crippen molar-refractivity contribution in [2.24, 2.45) is 0 Å². The topological polar surface area (TPSA) is 63.1 Å². The quantitative estimate of drug-likeness (QED) is 0.488. The Kier molecular flexibility index (Phi) is 4.36. The summed E-state index contributed by atoms with van der Waals surface area (Å²) in [5, 5.41) is 5.79. The number of carbonyl (C=O) groups is 2. The van der Waals surface area contributed by atoms with E-state index in [1.807, 2.05) is 18.3 Å². The van der Waals surface area contributed by atoms with E-state index >= 15 is 0 Å². The van der Waals surface area contributed by atoms with Gasteiger partial charge in [0.1, 0.15) is 5.70 Å². The molecule has 0 unspecified atom stereocenters. The average Bonchev–Trinajstić information content (AvgIpc) is 3.10. The molecule has 2 N–H and O–H groups in total. The molecule has 0 atom stereocenters. The Labute approximate surface area is 165 Å². The van der Waals surface area contributed by atoms with Gasteiger partial charge < -0.3 is 9.88 Å². The zero-order valence-electron chi connectivity index (χ0n) is 15.0. The van der Waals surface area contributed by atoms with Gasteiger partial charge in [0.05, 0.1) is 0 Å². The van der Waals surface area contributed by atoms with Crippen LogP contribution >= 0.6 is 15.9 Å². The van der Waals surface area contributed by atoms with Gasteiger partial charge in [-0.3, -0.25) is 10.1 Å². The summed E-state index contributed by atoms with van der Waals surface area (Å²) in [5.41, 5.74) is 5.93. The van der Waals surface area contributed by atoms with Crippen LogP contribution in [0.1, 0.15) is 22.3 Å². The van der Waals surface area contributed by atoms with Crippen molar-refractivity contribution < 1.29 is 9.59 Å². The summed E-state index contributed by atoms with van der Waals surface area (Å²) in [6.45, 7) is 4.93. The van der Waals surface area contributed by atoms with Crippen LogP contribution in [0.15, 0.2) is 52.8 Å². The lowest BCUT2D eigenvalue weighted by Crippen LogP contribution is -2.22. The van der Waals surface area contributed by atoms with Crippen LogP contribution in [0.4, 0.5) is 4.79 Å². The Bertz CT molecular complexity index is 1130. The van der Waals surface area contributed by atoms with Gasteiger partial charge in [-0.15, -0.1) is 0 Å². The van der Waals surface area contributed by atoms with Crippen molar-refractivity contribution in [3.8, 4) is 0 Å². The fraction of sp³-hybridized carbons (Fsp3) is 0.143. The molecule has 1 aliphatic heterocycles. The van der Waals surface area contributed by atoms with E-state index in [0.717, 1.165) is 27.5 Å². The number of halogens is 1. The largest absolute Gasteiger partial charge is 0.342 e. The molecular formula is C21H18BrN3O2. The molecule has 0 saturated carbocycles. The first-order chi connectivity index (χ1) is 12.9. The van der Waals surface area contributed by atoms with Gasteiger partial charge in [0.2, 0.25) is 0 Å². The summed E-state index contributed by atoms with van der Waals surface area (Å²) in [6.07, 6.45) is 3.73. The van der Waals surface area contributed by atoms with Crippen molar-refractivity contribution >= 4 is 44.8 Å². The van der Waals surface area contributed by atoms with Crippen molar-refractivity contribution in [1.29, 1.82) is 0 Å². The molecule has 2 heterocycles. The lowest BCUT2D eigenvalue weighted by molar-refractivity contribution is -0.115. The molecule has 1 aromatic heterocycles. The Morgan fingerprint density at radius 3 is 2.59 bits per heavy atom. The Morgan fingerprint density at radius 2 is 1.89 bits per heavy atom. The third kappa shape index (κ3) is 3.40. The lowest BCUT2D eigenvalue weighted by Gasteiger charge is -2.09. The van der Waals surface area contributed by atoms with Gasteiger partial charge >= 0.3 is 6.03 Å². The minimum atomic E-state index is -0.494. The summed E-state index contributed by atoms with van der Waals surface area (Å²) in [5.74, 6) is -0.412. The molecule has 2 aromatic carbocycles. The number of aryl methyl sites for hydroxylation is 2. The normalized spacial score (nSPS) is 15.4. The van der Waals surface area contributed by atoms with Gasteiger partial charge in [-0.05, 0) is 49.2 Å². The minimum absolute atomic E-state index is 0.255. The summed E-state index contributed by atoms with van der Waals surface area (Å²) in [7, 11) is 0. The smallest absolute Gasteiger partial charge is 0.326 e. The fourth-order valence-corrected chi connectivity index (χ4v) is 3.75. The van der Waals surface area contributed by atoms with Crippen LogP contribution in [0.25, 0.3) is 17.0 Å². The number of imide groups is 1. The van der Waals surface area contributed by atoms with E-state index in [2.05, 4.69) is 69.2 Å². The van der Waals surface area contributed by atoms with Crippen molar-refractivity contribution in [3.05, 3.63) is 75.0 Å². The minimum Gasteiger partial charge on any atom is -0.342 e. The molecule has 1 aliphatic rings. The third-order valence-corrected chi connectivity index (χ3v) is 5.23. The number of aromatic nitrogens is 1. The van der Waals surface area contributed by atoms with Crippen molar-refractivity contribution in [2.45, 2.75) is 20.4 Å². The van der Waals surface area contributed by atoms with Crippen molar-refractivity contribution in [3.63, 3.8) is 0 Å². The molecule has 6 heteroatoms. The number of urea groups is 1. The van der Waals surface area contributed by atoms with Gasteiger partial charge in [0.15, 0.2) is 0 Å². The number of rotatable bonds is 3. The third-order valence-electron chi connectivity index (χ3n) is 4.73. The summed E-state index contributed by atoms with van der Waals surface area (Å²) >= 11 is 3.52. The van der Waals surface area contributed by atoms with E-state index in [-0.39, 0.29) is 5.70 Å². The maximum Gasteiger partial charge on any atom is 0.326 e. The van der Waals surface area contributed by atoms with Crippen LogP contribution in [0, 0.1) is 13.8 Å². The average molecular weight is 424 g/mol. The zero-order valence-corrected chi connectivity index (χ0v) is 16.6. The molecule has 136 valence electrons. The van der Waals surface area contributed by atoms with Crippen molar-refractivity contribution in [1.82, 2.24) is 15.2 Å². The highest BCUT2D eigenvalue weighted by Gasteiger charge is 2.23. The highest BCUT2D eigenvalue weighted by molar-refractivity contribution is 9.10. The number of benzene rings is 2. The molecule has 4 rings (SSSR count). The second-order valence-electron chi connectivity index (χ2n) is 6.77. The highest BCUT2D eigenvalue weighted by atomic mass is 79.9. The molecule has 3 amide bonds. The van der Waals surface area contributed by atoms with E-state index in [0.29, 0.717) is 0 Å². The van der Waals surface area contributed by atoms with Crippen molar-refractivity contribution in [2.75, 3.05) is 0 Å². The first-order valence-corrected chi connectivity index (χ1v) is 9.38. The maximum atomic E-state index is 11.9. The SMILES string of the molecule is Cc1ccc(Cn2cc(/C=C3\NC(=O)NC3=O)c3cc(Br)ccc32)c(C)c1. The molecule has 0 aliphatic carbocycles. The Hall–Kier alpha value is -2.86. The molecule has 0 radical (unpaired) electrons. The number of fused-ring (bicyclic) bond motifs is 1. The van der Waals surface area contributed by atoms with E-state index in [1.165, 1.54) is 16.7 Å².